The highest BCUT2D eigenvalue weighted by Gasteiger charge is 2.13. The predicted molar refractivity (Wildman–Crippen MR) is 110 cm³/mol. The van der Waals surface area contributed by atoms with Crippen molar-refractivity contribution in [2.24, 2.45) is 5.92 Å². The van der Waals surface area contributed by atoms with E-state index in [1.807, 2.05) is 13.8 Å². The van der Waals surface area contributed by atoms with Crippen LogP contribution in [0.25, 0.3) is 0 Å². The molecule has 0 saturated carbocycles. The van der Waals surface area contributed by atoms with Gasteiger partial charge < -0.3 is 16.0 Å². The zero-order chi connectivity index (χ0) is 21.2. The predicted octanol–water partition coefficient (Wildman–Crippen LogP) is 3.36. The Hall–Kier alpha value is -3.22. The summed E-state index contributed by atoms with van der Waals surface area (Å²) in [5.41, 5.74) is 1.30. The van der Waals surface area contributed by atoms with Crippen molar-refractivity contribution in [3.05, 3.63) is 65.5 Å². The summed E-state index contributed by atoms with van der Waals surface area (Å²) in [5, 5.41) is 8.25. The lowest BCUT2D eigenvalue weighted by Crippen LogP contribution is -2.37. The van der Waals surface area contributed by atoms with Crippen LogP contribution < -0.4 is 16.0 Å². The molecule has 0 aromatic heterocycles. The van der Waals surface area contributed by atoms with Gasteiger partial charge in [0.25, 0.3) is 11.8 Å². The topological polar surface area (TPSA) is 87.3 Å². The molecule has 2 rings (SSSR count). The Morgan fingerprint density at radius 1 is 0.793 bits per heavy atom. The first-order chi connectivity index (χ1) is 13.9. The van der Waals surface area contributed by atoms with Crippen LogP contribution in [0.2, 0.25) is 0 Å². The van der Waals surface area contributed by atoms with E-state index in [1.54, 1.807) is 24.3 Å². The average molecular weight is 399 g/mol. The third-order valence-electron chi connectivity index (χ3n) is 4.58. The molecule has 0 bridgehead atoms. The average Bonchev–Trinajstić information content (AvgIpc) is 2.73. The smallest absolute Gasteiger partial charge is 0.255 e. The van der Waals surface area contributed by atoms with E-state index in [4.69, 9.17) is 0 Å². The third-order valence-corrected chi connectivity index (χ3v) is 4.58. The summed E-state index contributed by atoms with van der Waals surface area (Å²) in [6.07, 6.45) is 1.58. The number of amides is 3. The second-order valence-corrected chi connectivity index (χ2v) is 6.60. The number of anilines is 1. The molecule has 0 aliphatic carbocycles. The first-order valence-corrected chi connectivity index (χ1v) is 9.67. The van der Waals surface area contributed by atoms with Crippen molar-refractivity contribution < 1.29 is 18.8 Å². The molecule has 2 aromatic carbocycles. The minimum atomic E-state index is -0.410. The molecule has 2 aromatic rings. The quantitative estimate of drug-likeness (QED) is 0.565. The van der Waals surface area contributed by atoms with Gasteiger partial charge in [-0.3, -0.25) is 14.4 Å². The van der Waals surface area contributed by atoms with Crippen molar-refractivity contribution >= 4 is 23.4 Å². The van der Waals surface area contributed by atoms with Crippen LogP contribution in [-0.4, -0.2) is 30.8 Å². The van der Waals surface area contributed by atoms with Gasteiger partial charge in [0.2, 0.25) is 5.91 Å². The molecule has 0 fully saturated rings. The SMILES string of the molecule is CCC(CC)C(=O)NCCNC(=O)c1ccc(NC(=O)c2ccc(F)cc2)cc1. The number of rotatable bonds is 9. The minimum Gasteiger partial charge on any atom is -0.354 e. The van der Waals surface area contributed by atoms with Gasteiger partial charge in [-0.2, -0.15) is 0 Å². The van der Waals surface area contributed by atoms with Gasteiger partial charge >= 0.3 is 0 Å². The Morgan fingerprint density at radius 3 is 1.90 bits per heavy atom. The Morgan fingerprint density at radius 2 is 1.31 bits per heavy atom. The summed E-state index contributed by atoms with van der Waals surface area (Å²) in [6.45, 7) is 4.64. The van der Waals surface area contributed by atoms with Gasteiger partial charge in [0.05, 0.1) is 0 Å². The molecule has 0 heterocycles. The zero-order valence-electron chi connectivity index (χ0n) is 16.6. The van der Waals surface area contributed by atoms with Crippen molar-refractivity contribution in [1.82, 2.24) is 10.6 Å². The minimum absolute atomic E-state index is 0.00312. The fourth-order valence-electron chi connectivity index (χ4n) is 2.78. The van der Waals surface area contributed by atoms with Crippen LogP contribution >= 0.6 is 0 Å². The summed E-state index contributed by atoms with van der Waals surface area (Å²) < 4.78 is 12.9. The maximum Gasteiger partial charge on any atom is 0.255 e. The summed E-state index contributed by atoms with van der Waals surface area (Å²) in [7, 11) is 0. The van der Waals surface area contributed by atoms with E-state index < -0.39 is 5.82 Å². The van der Waals surface area contributed by atoms with E-state index in [9.17, 15) is 18.8 Å². The summed E-state index contributed by atoms with van der Waals surface area (Å²) in [6, 6.07) is 11.7. The van der Waals surface area contributed by atoms with E-state index >= 15 is 0 Å². The van der Waals surface area contributed by atoms with Crippen LogP contribution in [0.4, 0.5) is 10.1 Å². The van der Waals surface area contributed by atoms with Crippen LogP contribution in [0, 0.1) is 11.7 Å². The van der Waals surface area contributed by atoms with E-state index in [-0.39, 0.29) is 23.6 Å². The van der Waals surface area contributed by atoms with Gasteiger partial charge in [-0.05, 0) is 61.4 Å². The molecular weight excluding hydrogens is 373 g/mol. The molecule has 6 nitrogen and oxygen atoms in total. The monoisotopic (exact) mass is 399 g/mol. The first kappa shape index (κ1) is 22.1. The number of benzene rings is 2. The number of halogens is 1. The Bertz CT molecular complexity index is 831. The number of carbonyl (C=O) groups is 3. The molecule has 0 spiro atoms. The molecule has 0 radical (unpaired) electrons. The molecule has 0 saturated heterocycles. The molecule has 0 unspecified atom stereocenters. The molecule has 3 N–H and O–H groups in total. The largest absolute Gasteiger partial charge is 0.354 e. The number of hydrogen-bond acceptors (Lipinski definition) is 3. The van der Waals surface area contributed by atoms with Crippen molar-refractivity contribution in [2.45, 2.75) is 26.7 Å². The van der Waals surface area contributed by atoms with Gasteiger partial charge in [-0.25, -0.2) is 4.39 Å². The number of nitrogens with one attached hydrogen (secondary N) is 3. The molecule has 0 atom stereocenters. The Kier molecular flexibility index (Phi) is 8.33. The molecule has 3 amide bonds. The molecule has 154 valence electrons. The third kappa shape index (κ3) is 6.71. The van der Waals surface area contributed by atoms with Crippen molar-refractivity contribution in [3.63, 3.8) is 0 Å². The highest BCUT2D eigenvalue weighted by Crippen LogP contribution is 2.12. The molecule has 7 heteroatoms. The van der Waals surface area contributed by atoms with Gasteiger partial charge in [0.15, 0.2) is 0 Å². The zero-order valence-corrected chi connectivity index (χ0v) is 16.6. The van der Waals surface area contributed by atoms with Gasteiger partial charge in [-0.15, -0.1) is 0 Å². The molecule has 0 aliphatic rings. The Labute approximate surface area is 169 Å². The van der Waals surface area contributed by atoms with Gasteiger partial charge in [0.1, 0.15) is 5.82 Å². The second kappa shape index (κ2) is 10.9. The lowest BCUT2D eigenvalue weighted by atomic mass is 10.0. The first-order valence-electron chi connectivity index (χ1n) is 9.67. The fraction of sp³-hybridized carbons (Fsp3) is 0.318. The highest BCUT2D eigenvalue weighted by atomic mass is 19.1. The lowest BCUT2D eigenvalue weighted by molar-refractivity contribution is -0.125. The van der Waals surface area contributed by atoms with Crippen LogP contribution in [0.15, 0.2) is 48.5 Å². The fourth-order valence-corrected chi connectivity index (χ4v) is 2.78. The van der Waals surface area contributed by atoms with Crippen molar-refractivity contribution in [3.8, 4) is 0 Å². The van der Waals surface area contributed by atoms with E-state index in [0.29, 0.717) is 29.9 Å². The molecular formula is C22H26FN3O3. The van der Waals surface area contributed by atoms with E-state index in [2.05, 4.69) is 16.0 Å². The van der Waals surface area contributed by atoms with Crippen molar-refractivity contribution in [2.75, 3.05) is 18.4 Å². The maximum absolute atomic E-state index is 12.9. The Balaban J connectivity index is 1.80. The lowest BCUT2D eigenvalue weighted by Gasteiger charge is -2.13. The summed E-state index contributed by atoms with van der Waals surface area (Å²) >= 11 is 0. The summed E-state index contributed by atoms with van der Waals surface area (Å²) in [5.74, 6) is -1.03. The number of carbonyl (C=O) groups excluding carboxylic acids is 3. The van der Waals surface area contributed by atoms with Gasteiger partial charge in [-0.1, -0.05) is 13.8 Å². The normalized spacial score (nSPS) is 10.5. The highest BCUT2D eigenvalue weighted by molar-refractivity contribution is 6.04. The van der Waals surface area contributed by atoms with Crippen molar-refractivity contribution in [1.29, 1.82) is 0 Å². The summed E-state index contributed by atoms with van der Waals surface area (Å²) in [4.78, 5) is 36.2. The number of hydrogen-bond donors (Lipinski definition) is 3. The van der Waals surface area contributed by atoms with Crippen LogP contribution in [0.1, 0.15) is 47.4 Å². The molecule has 0 aliphatic heterocycles. The molecule has 29 heavy (non-hydrogen) atoms. The van der Waals surface area contributed by atoms with E-state index in [1.165, 1.54) is 24.3 Å². The van der Waals surface area contributed by atoms with Gasteiger partial charge in [0, 0.05) is 35.8 Å². The van der Waals surface area contributed by atoms with E-state index in [0.717, 1.165) is 12.8 Å². The van der Waals surface area contributed by atoms with Crippen LogP contribution in [0.3, 0.4) is 0 Å². The van der Waals surface area contributed by atoms with Crippen LogP contribution in [-0.2, 0) is 4.79 Å². The van der Waals surface area contributed by atoms with Crippen LogP contribution in [0.5, 0.6) is 0 Å². The standard InChI is InChI=1S/C22H26FN3O3/c1-3-15(4-2)20(27)24-13-14-25-21(28)16-7-11-19(12-8-16)26-22(29)17-5-9-18(23)10-6-17/h5-12,15H,3-4,13-14H2,1-2H3,(H,24,27)(H,25,28)(H,26,29). The maximum atomic E-state index is 12.9. The second-order valence-electron chi connectivity index (χ2n) is 6.60.